The molecule has 1 saturated carbocycles. The monoisotopic (exact) mass is 464 g/mol. The number of carbonyl (C=O) groups is 4. The van der Waals surface area contributed by atoms with Crippen molar-refractivity contribution in [2.45, 2.75) is 56.7 Å². The number of hydrogen-bond donors (Lipinski definition) is 3. The lowest BCUT2D eigenvalue weighted by Gasteiger charge is -2.36. The first-order valence-corrected chi connectivity index (χ1v) is 11.7. The summed E-state index contributed by atoms with van der Waals surface area (Å²) in [5, 5.41) is 5.95. The van der Waals surface area contributed by atoms with Crippen LogP contribution in [0.1, 0.15) is 46.1 Å². The van der Waals surface area contributed by atoms with Crippen LogP contribution in [-0.4, -0.2) is 84.7 Å². The lowest BCUT2D eigenvalue weighted by molar-refractivity contribution is -0.138. The fraction of sp³-hybridized carbons (Fsp3) is 0.667. The van der Waals surface area contributed by atoms with Crippen molar-refractivity contribution in [2.24, 2.45) is 11.7 Å². The van der Waals surface area contributed by atoms with Gasteiger partial charge in [0.2, 0.25) is 5.91 Å². The Kier molecular flexibility index (Phi) is 7.50. The molecule has 2 aliphatic carbocycles. The summed E-state index contributed by atoms with van der Waals surface area (Å²) in [5.41, 5.74) is 6.06. The van der Waals surface area contributed by atoms with Crippen molar-refractivity contribution in [3.05, 3.63) is 15.6 Å². The zero-order chi connectivity index (χ0) is 23.6. The quantitative estimate of drug-likeness (QED) is 0.503. The van der Waals surface area contributed by atoms with Gasteiger partial charge in [-0.1, -0.05) is 0 Å². The van der Waals surface area contributed by atoms with Gasteiger partial charge in [0.05, 0.1) is 11.7 Å². The third-order valence-electron chi connectivity index (χ3n) is 6.34. The van der Waals surface area contributed by atoms with Crippen LogP contribution in [-0.2, 0) is 27.2 Å². The minimum absolute atomic E-state index is 0.0247. The summed E-state index contributed by atoms with van der Waals surface area (Å²) in [4.78, 5) is 58.0. The number of carbonyl (C=O) groups excluding carboxylic acids is 4. The lowest BCUT2D eigenvalue weighted by Crippen LogP contribution is -2.57. The van der Waals surface area contributed by atoms with Crippen molar-refractivity contribution in [1.82, 2.24) is 25.4 Å². The number of aromatic nitrogens is 1. The van der Waals surface area contributed by atoms with Crippen molar-refractivity contribution >= 4 is 35.0 Å². The Labute approximate surface area is 191 Å². The van der Waals surface area contributed by atoms with Crippen LogP contribution in [0.2, 0.25) is 0 Å². The fourth-order valence-corrected chi connectivity index (χ4v) is 5.54. The molecule has 176 valence electrons. The van der Waals surface area contributed by atoms with Crippen LogP contribution in [0.3, 0.4) is 0 Å². The zero-order valence-corrected chi connectivity index (χ0v) is 19.8. The van der Waals surface area contributed by atoms with Gasteiger partial charge in [-0.05, 0) is 52.6 Å². The second-order valence-electron chi connectivity index (χ2n) is 9.02. The average molecular weight is 465 g/mol. The Hall–Kier alpha value is -2.53. The molecule has 4 atom stereocenters. The van der Waals surface area contributed by atoms with Crippen LogP contribution < -0.4 is 16.4 Å². The first-order valence-electron chi connectivity index (χ1n) is 10.8. The maximum Gasteiger partial charge on any atom is 0.309 e. The van der Waals surface area contributed by atoms with Gasteiger partial charge in [0.15, 0.2) is 5.01 Å². The van der Waals surface area contributed by atoms with Gasteiger partial charge in [-0.15, -0.1) is 11.3 Å². The van der Waals surface area contributed by atoms with Crippen molar-refractivity contribution in [2.75, 3.05) is 28.2 Å². The molecular formula is C21H32N6O4S. The van der Waals surface area contributed by atoms with Crippen LogP contribution in [0.25, 0.3) is 0 Å². The molecule has 0 radical (unpaired) electrons. The Morgan fingerprint density at radius 3 is 2.38 bits per heavy atom. The van der Waals surface area contributed by atoms with Crippen molar-refractivity contribution in [3.63, 3.8) is 0 Å². The molecule has 1 fully saturated rings. The van der Waals surface area contributed by atoms with Crippen LogP contribution in [0.4, 0.5) is 0 Å². The highest BCUT2D eigenvalue weighted by molar-refractivity contribution is 7.13. The Morgan fingerprint density at radius 2 is 1.75 bits per heavy atom. The summed E-state index contributed by atoms with van der Waals surface area (Å²) >= 11 is 1.40. The van der Waals surface area contributed by atoms with Gasteiger partial charge in [0, 0.05) is 37.0 Å². The Bertz CT molecular complexity index is 899. The van der Waals surface area contributed by atoms with Gasteiger partial charge >= 0.3 is 11.8 Å². The van der Waals surface area contributed by atoms with Crippen LogP contribution >= 0.6 is 11.3 Å². The van der Waals surface area contributed by atoms with Gasteiger partial charge < -0.3 is 26.2 Å². The highest BCUT2D eigenvalue weighted by Gasteiger charge is 2.37. The first kappa shape index (κ1) is 24.1. The molecule has 3 rings (SSSR count). The summed E-state index contributed by atoms with van der Waals surface area (Å²) in [7, 11) is 7.49. The van der Waals surface area contributed by atoms with E-state index in [0.717, 1.165) is 29.8 Å². The smallest absolute Gasteiger partial charge is 0.309 e. The third kappa shape index (κ3) is 5.44. The number of nitrogens with one attached hydrogen (secondary N) is 2. The summed E-state index contributed by atoms with van der Waals surface area (Å²) in [6.07, 6.45) is 4.07. The Morgan fingerprint density at radius 1 is 1.03 bits per heavy atom. The number of thiazole rings is 1. The predicted molar refractivity (Wildman–Crippen MR) is 120 cm³/mol. The van der Waals surface area contributed by atoms with Gasteiger partial charge in [0.25, 0.3) is 5.91 Å². The first-order chi connectivity index (χ1) is 15.1. The van der Waals surface area contributed by atoms with Crippen molar-refractivity contribution in [1.29, 1.82) is 0 Å². The molecule has 1 aromatic rings. The van der Waals surface area contributed by atoms with Gasteiger partial charge in [-0.3, -0.25) is 19.2 Å². The molecular weight excluding hydrogens is 432 g/mol. The molecule has 0 bridgehead atoms. The molecule has 0 aliphatic heterocycles. The number of nitrogens with zero attached hydrogens (tertiary/aromatic N) is 3. The van der Waals surface area contributed by atoms with Crippen LogP contribution in [0.5, 0.6) is 0 Å². The Balaban J connectivity index is 1.74. The summed E-state index contributed by atoms with van der Waals surface area (Å²) in [5.74, 6) is -2.60. The van der Waals surface area contributed by atoms with E-state index in [1.165, 1.54) is 16.2 Å². The number of primary amides is 1. The second kappa shape index (κ2) is 9.95. The van der Waals surface area contributed by atoms with Crippen molar-refractivity contribution < 1.29 is 19.2 Å². The van der Waals surface area contributed by atoms with Gasteiger partial charge in [0.1, 0.15) is 0 Å². The zero-order valence-electron chi connectivity index (χ0n) is 19.0. The van der Waals surface area contributed by atoms with Crippen LogP contribution in [0, 0.1) is 5.92 Å². The molecule has 1 unspecified atom stereocenters. The molecule has 2 aliphatic rings. The molecule has 0 aromatic carbocycles. The number of fused-ring (bicyclic) bond motifs is 1. The minimum Gasteiger partial charge on any atom is -0.361 e. The van der Waals surface area contributed by atoms with E-state index in [9.17, 15) is 19.2 Å². The highest BCUT2D eigenvalue weighted by atomic mass is 32.1. The summed E-state index contributed by atoms with van der Waals surface area (Å²) < 4.78 is 0. The predicted octanol–water partition coefficient (Wildman–Crippen LogP) is -0.481. The molecule has 4 N–H and O–H groups in total. The molecule has 32 heavy (non-hydrogen) atoms. The fourth-order valence-electron chi connectivity index (χ4n) is 4.46. The topological polar surface area (TPSA) is 138 Å². The molecule has 1 aromatic heterocycles. The number of likely N-dealkylation sites (N-methyl/N-ethyl adjacent to an activating group) is 1. The largest absolute Gasteiger partial charge is 0.361 e. The van der Waals surface area contributed by atoms with E-state index in [1.54, 1.807) is 14.1 Å². The lowest BCUT2D eigenvalue weighted by atomic mass is 9.81. The number of hydrogen-bond acceptors (Lipinski definition) is 7. The minimum atomic E-state index is -1.08. The number of aryl methyl sites for hydroxylation is 1. The standard InChI is InChI=1S/C21H32N6O4S/c1-26(2)12-6-8-14-16(10-12)32-20(25-14)19(30)24-15-9-11(21(31)27(3)4)5-7-13(15)23-18(29)17(22)28/h11-13,15H,5-10H2,1-4H3,(H2,22,28)(H,23,29)(H,24,30)/t11-,12?,13-,15+/m0/s1. The number of amides is 4. The summed E-state index contributed by atoms with van der Waals surface area (Å²) in [6.45, 7) is 0. The molecule has 10 nitrogen and oxygen atoms in total. The average Bonchev–Trinajstić information content (AvgIpc) is 3.17. The van der Waals surface area contributed by atoms with E-state index in [1.807, 2.05) is 0 Å². The second-order valence-corrected chi connectivity index (χ2v) is 10.1. The molecule has 1 heterocycles. The van der Waals surface area contributed by atoms with Crippen molar-refractivity contribution in [3.8, 4) is 0 Å². The van der Waals surface area contributed by atoms with E-state index in [-0.39, 0.29) is 17.7 Å². The SMILES string of the molecule is CN(C)C(=O)[C@H]1CC[C@H](NC(=O)C(N)=O)[C@H](NC(=O)c2nc3c(s2)CC(N(C)C)CC3)C1. The van der Waals surface area contributed by atoms with Gasteiger partial charge in [-0.2, -0.15) is 0 Å². The normalized spacial score (nSPS) is 25.0. The van der Waals surface area contributed by atoms with Gasteiger partial charge in [-0.25, -0.2) is 4.98 Å². The summed E-state index contributed by atoms with van der Waals surface area (Å²) in [6, 6.07) is -0.565. The maximum absolute atomic E-state index is 13.0. The van der Waals surface area contributed by atoms with Crippen LogP contribution in [0.15, 0.2) is 0 Å². The molecule has 0 saturated heterocycles. The number of nitrogens with two attached hydrogens (primary N) is 1. The van der Waals surface area contributed by atoms with E-state index in [0.29, 0.717) is 30.3 Å². The van der Waals surface area contributed by atoms with E-state index in [4.69, 9.17) is 5.73 Å². The van der Waals surface area contributed by atoms with E-state index >= 15 is 0 Å². The third-order valence-corrected chi connectivity index (χ3v) is 7.45. The van der Waals surface area contributed by atoms with E-state index < -0.39 is 23.9 Å². The molecule has 11 heteroatoms. The maximum atomic E-state index is 13.0. The highest BCUT2D eigenvalue weighted by Crippen LogP contribution is 2.30. The number of rotatable bonds is 5. The van der Waals surface area contributed by atoms with E-state index in [2.05, 4.69) is 34.6 Å². The molecule has 4 amide bonds. The molecule has 0 spiro atoms.